The fraction of sp³-hybridized carbons (Fsp3) is 0.562. The third-order valence-corrected chi connectivity index (χ3v) is 3.90. The molecule has 0 spiro atoms. The lowest BCUT2D eigenvalue weighted by Gasteiger charge is -2.33. The number of nitrogens with zero attached hydrogens (tertiary/aromatic N) is 1. The van der Waals surface area contributed by atoms with Crippen molar-refractivity contribution in [3.05, 3.63) is 33.8 Å². The zero-order valence-electron chi connectivity index (χ0n) is 12.9. The summed E-state index contributed by atoms with van der Waals surface area (Å²) < 4.78 is 5.71. The topological polar surface area (TPSA) is 41.6 Å². The van der Waals surface area contributed by atoms with E-state index in [2.05, 4.69) is 24.1 Å². The van der Waals surface area contributed by atoms with Crippen molar-refractivity contribution in [3.63, 3.8) is 0 Å². The van der Waals surface area contributed by atoms with Crippen LogP contribution in [0.1, 0.15) is 24.2 Å². The number of hydrogen-bond donors (Lipinski definition) is 1. The van der Waals surface area contributed by atoms with Gasteiger partial charge in [0.25, 0.3) is 5.91 Å². The Balaban J connectivity index is 1.85. The Morgan fingerprint density at radius 2 is 2.05 bits per heavy atom. The van der Waals surface area contributed by atoms with Gasteiger partial charge in [0, 0.05) is 41.8 Å². The lowest BCUT2D eigenvalue weighted by molar-refractivity contribution is -0.0295. The second-order valence-corrected chi connectivity index (χ2v) is 6.89. The molecule has 1 atom stereocenters. The van der Waals surface area contributed by atoms with Gasteiger partial charge in [-0.3, -0.25) is 9.69 Å². The number of ether oxygens (including phenoxy) is 1. The molecule has 2 rings (SSSR count). The van der Waals surface area contributed by atoms with Gasteiger partial charge in [0.1, 0.15) is 0 Å². The number of rotatable bonds is 5. The summed E-state index contributed by atoms with van der Waals surface area (Å²) >= 11 is 11.8. The maximum absolute atomic E-state index is 12.2. The van der Waals surface area contributed by atoms with Gasteiger partial charge in [0.05, 0.1) is 12.7 Å². The minimum absolute atomic E-state index is 0.0195. The Morgan fingerprint density at radius 3 is 2.68 bits per heavy atom. The molecule has 22 heavy (non-hydrogen) atoms. The second kappa shape index (κ2) is 8.16. The van der Waals surface area contributed by atoms with Gasteiger partial charge in [-0.1, -0.05) is 37.0 Å². The lowest BCUT2D eigenvalue weighted by Crippen LogP contribution is -2.48. The molecule has 1 aromatic rings. The van der Waals surface area contributed by atoms with E-state index in [9.17, 15) is 4.79 Å². The van der Waals surface area contributed by atoms with Crippen LogP contribution < -0.4 is 5.32 Å². The minimum Gasteiger partial charge on any atom is -0.374 e. The number of morpholine rings is 1. The number of amides is 1. The zero-order valence-corrected chi connectivity index (χ0v) is 14.5. The highest BCUT2D eigenvalue weighted by Gasteiger charge is 2.21. The van der Waals surface area contributed by atoms with Crippen LogP contribution in [0.25, 0.3) is 0 Å². The van der Waals surface area contributed by atoms with Crippen LogP contribution in [-0.2, 0) is 4.74 Å². The molecule has 4 nitrogen and oxygen atoms in total. The number of carbonyl (C=O) groups excluding carboxylic acids is 1. The van der Waals surface area contributed by atoms with E-state index < -0.39 is 0 Å². The maximum atomic E-state index is 12.2. The molecular formula is C16H22Cl2N2O2. The SMILES string of the molecule is CC(C)CN1CCO[C@H](CNC(=O)c2cc(Cl)cc(Cl)c2)C1. The summed E-state index contributed by atoms with van der Waals surface area (Å²) in [4.78, 5) is 14.5. The third kappa shape index (κ3) is 5.43. The molecule has 1 aliphatic heterocycles. The van der Waals surface area contributed by atoms with E-state index in [1.807, 2.05) is 0 Å². The van der Waals surface area contributed by atoms with Crippen molar-refractivity contribution in [1.29, 1.82) is 0 Å². The predicted molar refractivity (Wildman–Crippen MR) is 89.8 cm³/mol. The Kier molecular flexibility index (Phi) is 6.50. The van der Waals surface area contributed by atoms with Crippen molar-refractivity contribution < 1.29 is 9.53 Å². The smallest absolute Gasteiger partial charge is 0.251 e. The first-order chi connectivity index (χ1) is 10.4. The number of benzene rings is 1. The average Bonchev–Trinajstić information content (AvgIpc) is 2.43. The maximum Gasteiger partial charge on any atom is 0.251 e. The van der Waals surface area contributed by atoms with Crippen molar-refractivity contribution >= 4 is 29.1 Å². The van der Waals surface area contributed by atoms with Crippen molar-refractivity contribution in [2.45, 2.75) is 20.0 Å². The van der Waals surface area contributed by atoms with Crippen molar-refractivity contribution in [1.82, 2.24) is 10.2 Å². The Morgan fingerprint density at radius 1 is 1.36 bits per heavy atom. The number of halogens is 2. The third-order valence-electron chi connectivity index (χ3n) is 3.46. The van der Waals surface area contributed by atoms with Gasteiger partial charge in [-0.25, -0.2) is 0 Å². The molecule has 0 saturated carbocycles. The molecule has 1 saturated heterocycles. The molecule has 6 heteroatoms. The zero-order chi connectivity index (χ0) is 16.1. The van der Waals surface area contributed by atoms with Crippen LogP contribution in [0.4, 0.5) is 0 Å². The van der Waals surface area contributed by atoms with E-state index in [1.165, 1.54) is 0 Å². The molecule has 1 amide bonds. The van der Waals surface area contributed by atoms with Crippen LogP contribution in [0, 0.1) is 5.92 Å². The molecule has 0 radical (unpaired) electrons. The minimum atomic E-state index is -0.186. The normalized spacial score (nSPS) is 19.4. The van der Waals surface area contributed by atoms with Crippen LogP contribution in [0.3, 0.4) is 0 Å². The van der Waals surface area contributed by atoms with Crippen LogP contribution in [0.15, 0.2) is 18.2 Å². The largest absolute Gasteiger partial charge is 0.374 e. The molecule has 1 aliphatic rings. The van der Waals surface area contributed by atoms with Gasteiger partial charge in [-0.15, -0.1) is 0 Å². The number of carbonyl (C=O) groups is 1. The molecular weight excluding hydrogens is 323 g/mol. The van der Waals surface area contributed by atoms with Crippen LogP contribution in [0.2, 0.25) is 10.0 Å². The van der Waals surface area contributed by atoms with Gasteiger partial charge in [0.2, 0.25) is 0 Å². The summed E-state index contributed by atoms with van der Waals surface area (Å²) in [5.41, 5.74) is 0.465. The molecule has 0 bridgehead atoms. The van der Waals surface area contributed by atoms with Crippen molar-refractivity contribution in [2.24, 2.45) is 5.92 Å². The van der Waals surface area contributed by atoms with Gasteiger partial charge >= 0.3 is 0 Å². The first-order valence-corrected chi connectivity index (χ1v) is 8.28. The van der Waals surface area contributed by atoms with E-state index in [0.717, 1.165) is 19.6 Å². The molecule has 1 aromatic carbocycles. The monoisotopic (exact) mass is 344 g/mol. The molecule has 1 fully saturated rings. The fourth-order valence-corrected chi connectivity index (χ4v) is 3.11. The first-order valence-electron chi connectivity index (χ1n) is 7.52. The van der Waals surface area contributed by atoms with E-state index in [0.29, 0.717) is 34.7 Å². The highest BCUT2D eigenvalue weighted by atomic mass is 35.5. The van der Waals surface area contributed by atoms with Crippen LogP contribution in [-0.4, -0.2) is 49.7 Å². The van der Waals surface area contributed by atoms with Gasteiger partial charge < -0.3 is 10.1 Å². The molecule has 1 heterocycles. The summed E-state index contributed by atoms with van der Waals surface area (Å²) in [6.07, 6.45) is 0.0195. The summed E-state index contributed by atoms with van der Waals surface area (Å²) in [5, 5.41) is 3.80. The van der Waals surface area contributed by atoms with Gasteiger partial charge in [0.15, 0.2) is 0 Å². The summed E-state index contributed by atoms with van der Waals surface area (Å²) in [6, 6.07) is 4.82. The Labute approximate surface area is 141 Å². The van der Waals surface area contributed by atoms with Crippen LogP contribution >= 0.6 is 23.2 Å². The van der Waals surface area contributed by atoms with Crippen molar-refractivity contribution in [3.8, 4) is 0 Å². The van der Waals surface area contributed by atoms with E-state index in [4.69, 9.17) is 27.9 Å². The lowest BCUT2D eigenvalue weighted by atomic mass is 10.1. The second-order valence-electron chi connectivity index (χ2n) is 6.01. The van der Waals surface area contributed by atoms with Crippen LogP contribution in [0.5, 0.6) is 0 Å². The summed E-state index contributed by atoms with van der Waals surface area (Å²) in [5.74, 6) is 0.441. The van der Waals surface area contributed by atoms with Gasteiger partial charge in [-0.05, 0) is 24.1 Å². The van der Waals surface area contributed by atoms with E-state index in [-0.39, 0.29) is 12.0 Å². The van der Waals surface area contributed by atoms with Crippen molar-refractivity contribution in [2.75, 3.05) is 32.8 Å². The van der Waals surface area contributed by atoms with E-state index >= 15 is 0 Å². The highest BCUT2D eigenvalue weighted by Crippen LogP contribution is 2.19. The molecule has 0 aliphatic carbocycles. The Bertz CT molecular complexity index is 503. The molecule has 0 aromatic heterocycles. The highest BCUT2D eigenvalue weighted by molar-refractivity contribution is 6.35. The standard InChI is InChI=1S/C16H22Cl2N2O2/c1-11(2)9-20-3-4-22-15(10-20)8-19-16(21)12-5-13(17)7-14(18)6-12/h5-7,11,15H,3-4,8-10H2,1-2H3,(H,19,21)/t15-/m1/s1. The van der Waals surface area contributed by atoms with E-state index in [1.54, 1.807) is 18.2 Å². The molecule has 0 unspecified atom stereocenters. The van der Waals surface area contributed by atoms with Gasteiger partial charge in [-0.2, -0.15) is 0 Å². The summed E-state index contributed by atoms with van der Waals surface area (Å²) in [6.45, 7) is 8.44. The molecule has 122 valence electrons. The first kappa shape index (κ1) is 17.5. The molecule has 1 N–H and O–H groups in total. The fourth-order valence-electron chi connectivity index (χ4n) is 2.58. The quantitative estimate of drug-likeness (QED) is 0.892. The summed E-state index contributed by atoms with van der Waals surface area (Å²) in [7, 11) is 0. The average molecular weight is 345 g/mol. The predicted octanol–water partition coefficient (Wildman–Crippen LogP) is 3.08. The number of nitrogens with one attached hydrogen (secondary N) is 1. The number of hydrogen-bond acceptors (Lipinski definition) is 3. The Hall–Kier alpha value is -0.810.